The number of amides is 1. The number of rotatable bonds is 3. The number of thiazole rings is 1. The molecule has 0 spiro atoms. The molecule has 1 aromatic carbocycles. The highest BCUT2D eigenvalue weighted by Crippen LogP contribution is 2.39. The molecule has 1 saturated carbocycles. The zero-order chi connectivity index (χ0) is 17.4. The summed E-state index contributed by atoms with van der Waals surface area (Å²) in [4.78, 5) is 31.1. The van der Waals surface area contributed by atoms with Crippen LogP contribution in [0.5, 0.6) is 0 Å². The zero-order valence-corrected chi connectivity index (χ0v) is 14.9. The van der Waals surface area contributed by atoms with Gasteiger partial charge in [-0.05, 0) is 44.2 Å². The fourth-order valence-electron chi connectivity index (χ4n) is 4.19. The second-order valence-corrected chi connectivity index (χ2v) is 8.17. The number of carbonyl (C=O) groups excluding carboxylic acids is 1. The second kappa shape index (κ2) is 6.75. The molecule has 6 heteroatoms. The molecule has 132 valence electrons. The minimum Gasteiger partial charge on any atom is -0.481 e. The van der Waals surface area contributed by atoms with E-state index in [-0.39, 0.29) is 23.8 Å². The van der Waals surface area contributed by atoms with Crippen molar-refractivity contribution < 1.29 is 14.7 Å². The molecular weight excluding hydrogens is 336 g/mol. The van der Waals surface area contributed by atoms with E-state index in [0.717, 1.165) is 47.5 Å². The zero-order valence-electron chi connectivity index (χ0n) is 14.1. The first-order valence-corrected chi connectivity index (χ1v) is 9.84. The van der Waals surface area contributed by atoms with Gasteiger partial charge >= 0.3 is 5.97 Å². The van der Waals surface area contributed by atoms with Gasteiger partial charge in [0.25, 0.3) is 0 Å². The predicted molar refractivity (Wildman–Crippen MR) is 96.4 cm³/mol. The molecule has 1 N–H and O–H groups in total. The van der Waals surface area contributed by atoms with Gasteiger partial charge in [0.15, 0.2) is 0 Å². The van der Waals surface area contributed by atoms with Crippen molar-refractivity contribution in [1.29, 1.82) is 0 Å². The Morgan fingerprint density at radius 2 is 1.92 bits per heavy atom. The first-order chi connectivity index (χ1) is 12.1. The van der Waals surface area contributed by atoms with Crippen LogP contribution in [0.15, 0.2) is 24.3 Å². The lowest BCUT2D eigenvalue weighted by Gasteiger charge is -2.31. The summed E-state index contributed by atoms with van der Waals surface area (Å²) < 4.78 is 1.15. The number of carbonyl (C=O) groups is 2. The molecule has 2 aliphatic rings. The average Bonchev–Trinajstić information content (AvgIpc) is 3.27. The van der Waals surface area contributed by atoms with Gasteiger partial charge in [0.2, 0.25) is 5.91 Å². The molecule has 1 aromatic heterocycles. The molecule has 3 atom stereocenters. The lowest BCUT2D eigenvalue weighted by Crippen LogP contribution is -2.38. The Balaban J connectivity index is 1.54. The smallest absolute Gasteiger partial charge is 0.306 e. The van der Waals surface area contributed by atoms with Crippen LogP contribution in [0, 0.1) is 11.8 Å². The Hall–Kier alpha value is -1.95. The van der Waals surface area contributed by atoms with Crippen LogP contribution in [0.4, 0.5) is 0 Å². The molecule has 4 rings (SSSR count). The number of carboxylic acid groups (broad SMARTS) is 1. The molecular formula is C19H22N2O3S. The first-order valence-electron chi connectivity index (χ1n) is 9.02. The Morgan fingerprint density at radius 3 is 2.72 bits per heavy atom. The molecule has 25 heavy (non-hydrogen) atoms. The summed E-state index contributed by atoms with van der Waals surface area (Å²) in [5.41, 5.74) is 0.991. The largest absolute Gasteiger partial charge is 0.481 e. The van der Waals surface area contributed by atoms with Gasteiger partial charge in [-0.3, -0.25) is 9.59 Å². The van der Waals surface area contributed by atoms with Crippen LogP contribution in [0.3, 0.4) is 0 Å². The third kappa shape index (κ3) is 3.15. The Kier molecular flexibility index (Phi) is 4.46. The molecule has 1 amide bonds. The number of para-hydroxylation sites is 1. The van der Waals surface area contributed by atoms with Crippen LogP contribution in [-0.2, 0) is 9.59 Å². The summed E-state index contributed by atoms with van der Waals surface area (Å²) in [6.07, 6.45) is 4.75. The van der Waals surface area contributed by atoms with Gasteiger partial charge in [0.05, 0.1) is 22.2 Å². The third-order valence-corrected chi connectivity index (χ3v) is 6.64. The van der Waals surface area contributed by atoms with Crippen molar-refractivity contribution in [2.45, 2.75) is 44.6 Å². The normalized spacial score (nSPS) is 26.9. The van der Waals surface area contributed by atoms with Crippen LogP contribution >= 0.6 is 11.3 Å². The number of hydrogen-bond donors (Lipinski definition) is 1. The number of hydrogen-bond acceptors (Lipinski definition) is 4. The fourth-order valence-corrected chi connectivity index (χ4v) is 5.31. The lowest BCUT2D eigenvalue weighted by atomic mass is 9.80. The van der Waals surface area contributed by atoms with Gasteiger partial charge in [-0.25, -0.2) is 4.98 Å². The van der Waals surface area contributed by atoms with Crippen LogP contribution in [0.25, 0.3) is 10.2 Å². The molecule has 3 unspecified atom stereocenters. The van der Waals surface area contributed by atoms with Crippen molar-refractivity contribution in [2.24, 2.45) is 11.8 Å². The van der Waals surface area contributed by atoms with E-state index in [1.54, 1.807) is 11.3 Å². The van der Waals surface area contributed by atoms with E-state index in [1.165, 1.54) is 0 Å². The maximum Gasteiger partial charge on any atom is 0.306 e. The maximum absolute atomic E-state index is 13.1. The summed E-state index contributed by atoms with van der Waals surface area (Å²) >= 11 is 1.67. The van der Waals surface area contributed by atoms with E-state index in [0.29, 0.717) is 12.8 Å². The van der Waals surface area contributed by atoms with Crippen LogP contribution in [0.2, 0.25) is 0 Å². The summed E-state index contributed by atoms with van der Waals surface area (Å²) in [5.74, 6) is -1.15. The quantitative estimate of drug-likeness (QED) is 0.905. The van der Waals surface area contributed by atoms with E-state index in [4.69, 9.17) is 4.98 Å². The van der Waals surface area contributed by atoms with Crippen LogP contribution < -0.4 is 0 Å². The molecule has 2 aromatic rings. The van der Waals surface area contributed by atoms with Crippen molar-refractivity contribution >= 4 is 33.4 Å². The highest BCUT2D eigenvalue weighted by Gasteiger charge is 2.38. The maximum atomic E-state index is 13.1. The Bertz CT molecular complexity index is 770. The number of benzene rings is 1. The monoisotopic (exact) mass is 358 g/mol. The van der Waals surface area contributed by atoms with Crippen molar-refractivity contribution in [3.8, 4) is 0 Å². The molecule has 5 nitrogen and oxygen atoms in total. The topological polar surface area (TPSA) is 70.5 Å². The molecule has 1 aliphatic carbocycles. The first kappa shape index (κ1) is 16.5. The molecule has 2 heterocycles. The minimum atomic E-state index is -0.762. The highest BCUT2D eigenvalue weighted by atomic mass is 32.1. The Labute approximate surface area is 150 Å². The molecule has 0 radical (unpaired) electrons. The lowest BCUT2D eigenvalue weighted by molar-refractivity contribution is -0.145. The van der Waals surface area contributed by atoms with E-state index < -0.39 is 5.97 Å². The average molecular weight is 358 g/mol. The number of likely N-dealkylation sites (tertiary alicyclic amines) is 1. The van der Waals surface area contributed by atoms with Crippen molar-refractivity contribution in [3.05, 3.63) is 29.3 Å². The third-order valence-electron chi connectivity index (χ3n) is 5.50. The van der Waals surface area contributed by atoms with Gasteiger partial charge in [-0.2, -0.15) is 0 Å². The van der Waals surface area contributed by atoms with E-state index >= 15 is 0 Å². The number of aromatic nitrogens is 1. The summed E-state index contributed by atoms with van der Waals surface area (Å²) in [6.45, 7) is 0.758. The molecule has 2 fully saturated rings. The SMILES string of the molecule is O=C(O)C1CCCC(C(=O)N2CCCC2c2nc3ccccc3s2)C1. The van der Waals surface area contributed by atoms with E-state index in [9.17, 15) is 14.7 Å². The number of aliphatic carboxylic acids is 1. The highest BCUT2D eigenvalue weighted by molar-refractivity contribution is 7.18. The van der Waals surface area contributed by atoms with Gasteiger partial charge in [0, 0.05) is 12.5 Å². The van der Waals surface area contributed by atoms with Crippen molar-refractivity contribution in [1.82, 2.24) is 9.88 Å². The van der Waals surface area contributed by atoms with Crippen LogP contribution in [0.1, 0.15) is 49.6 Å². The second-order valence-electron chi connectivity index (χ2n) is 7.11. The minimum absolute atomic E-state index is 0.0510. The van der Waals surface area contributed by atoms with Crippen molar-refractivity contribution in [2.75, 3.05) is 6.54 Å². The number of fused-ring (bicyclic) bond motifs is 1. The Morgan fingerprint density at radius 1 is 1.12 bits per heavy atom. The standard InChI is InChI=1S/C19H22N2O3S/c22-18(12-5-3-6-13(11-12)19(23)24)21-10-4-8-15(21)17-20-14-7-1-2-9-16(14)25-17/h1-2,7,9,12-13,15H,3-6,8,10-11H2,(H,23,24). The summed E-state index contributed by atoms with van der Waals surface area (Å²) in [5, 5.41) is 10.3. The van der Waals surface area contributed by atoms with E-state index in [2.05, 4.69) is 6.07 Å². The van der Waals surface area contributed by atoms with Gasteiger partial charge < -0.3 is 10.0 Å². The fraction of sp³-hybridized carbons (Fsp3) is 0.526. The number of nitrogens with zero attached hydrogens (tertiary/aromatic N) is 2. The molecule has 1 aliphatic heterocycles. The van der Waals surface area contributed by atoms with Crippen molar-refractivity contribution in [3.63, 3.8) is 0 Å². The van der Waals surface area contributed by atoms with E-state index in [1.807, 2.05) is 23.1 Å². The van der Waals surface area contributed by atoms with Gasteiger partial charge in [-0.1, -0.05) is 18.6 Å². The summed E-state index contributed by atoms with van der Waals surface area (Å²) in [6, 6.07) is 8.12. The van der Waals surface area contributed by atoms with Crippen LogP contribution in [-0.4, -0.2) is 33.4 Å². The predicted octanol–water partition coefficient (Wildman–Crippen LogP) is 3.85. The molecule has 0 bridgehead atoms. The molecule has 1 saturated heterocycles. The van der Waals surface area contributed by atoms with Gasteiger partial charge in [-0.15, -0.1) is 11.3 Å². The summed E-state index contributed by atoms with van der Waals surface area (Å²) in [7, 11) is 0. The van der Waals surface area contributed by atoms with Gasteiger partial charge in [0.1, 0.15) is 5.01 Å². The number of carboxylic acids is 1.